The molecule has 3 aromatic carbocycles. The first-order valence-electron chi connectivity index (χ1n) is 16.8. The fourth-order valence-corrected chi connectivity index (χ4v) is 6.09. The van der Waals surface area contributed by atoms with Crippen LogP contribution in [0.3, 0.4) is 0 Å². The molecule has 0 aliphatic rings. The molecule has 6 heterocycles. The molecule has 0 unspecified atom stereocenters. The SMILES string of the molecule is Cc1nccc2c1[nH]c1c([N+](=O)[O-])cccc12.Cc1nccc2c1[nH]c1ccc([N+](=O)[O-])cc12.Cc1nccc2c1[nH]c1ccccc12.O=C(O)C(F)(F)F.O=NO[O-].[Na+]. The predicted molar refractivity (Wildman–Crippen MR) is 209 cm³/mol. The fraction of sp³-hybridized carbons (Fsp3) is 0.105. The summed E-state index contributed by atoms with van der Waals surface area (Å²) in [5.74, 6) is -2.76. The number of hydrogen-bond donors (Lipinski definition) is 4. The Balaban J connectivity index is 0.000000176. The van der Waals surface area contributed by atoms with Gasteiger partial charge in [0.25, 0.3) is 11.4 Å². The van der Waals surface area contributed by atoms with E-state index in [1.54, 1.807) is 30.6 Å². The molecule has 0 fully saturated rings. The standard InChI is InChI=1S/2C12H9N3O2.C12H10N2.C2HF3O2.HNO3.Na/c1-7-12-9(4-5-13-7)10-6-8(15(16)17)2-3-11(10)14-12;1-7-11-9(5-6-13-7)8-3-2-4-10(15(16)17)12(8)14-11;1-8-12-10(6-7-13-8)9-4-2-3-5-11(9)14-12;3-2(4,5)1(6)7;2-1-4-3;/h2*2-6,14H,1H3;2-7,14H,1H3;(H,6,7);3H;/q;;;;;+1/p-1. The van der Waals surface area contributed by atoms with Crippen LogP contribution in [0, 0.1) is 45.9 Å². The van der Waals surface area contributed by atoms with Crippen LogP contribution in [0.5, 0.6) is 0 Å². The average Bonchev–Trinajstić information content (AvgIpc) is 3.91. The van der Waals surface area contributed by atoms with Crippen molar-refractivity contribution in [3.05, 3.63) is 140 Å². The summed E-state index contributed by atoms with van der Waals surface area (Å²) in [6.45, 7) is 5.81. The number of carbonyl (C=O) groups is 1. The fourth-order valence-electron chi connectivity index (χ4n) is 6.09. The smallest absolute Gasteiger partial charge is 0.635 e. The van der Waals surface area contributed by atoms with Gasteiger partial charge in [0, 0.05) is 80.1 Å². The maximum atomic E-state index is 10.9. The van der Waals surface area contributed by atoms with Gasteiger partial charge < -0.3 is 30.3 Å². The molecule has 0 bridgehead atoms. The molecular formula is C38H29F3N9NaO9. The first-order valence-corrected chi connectivity index (χ1v) is 16.8. The Morgan fingerprint density at radius 3 is 1.58 bits per heavy atom. The average molecular weight is 836 g/mol. The molecule has 0 saturated carbocycles. The quantitative estimate of drug-likeness (QED) is 0.0566. The number of rotatable bonds is 3. The number of nitro groups is 2. The number of hydrogen-bond acceptors (Lipinski definition) is 12. The Labute approximate surface area is 355 Å². The second-order valence-corrected chi connectivity index (χ2v) is 12.3. The van der Waals surface area contributed by atoms with Crippen LogP contribution in [0.2, 0.25) is 0 Å². The van der Waals surface area contributed by atoms with Gasteiger partial charge in [-0.15, -0.1) is 4.91 Å². The molecular weight excluding hydrogens is 806 g/mol. The van der Waals surface area contributed by atoms with Crippen molar-refractivity contribution in [2.45, 2.75) is 26.9 Å². The third kappa shape index (κ3) is 10.1. The van der Waals surface area contributed by atoms with Gasteiger partial charge >= 0.3 is 41.7 Å². The van der Waals surface area contributed by atoms with Crippen molar-refractivity contribution < 1.29 is 72.7 Å². The van der Waals surface area contributed by atoms with Crippen LogP contribution < -0.4 is 34.8 Å². The van der Waals surface area contributed by atoms with Crippen molar-refractivity contribution in [1.82, 2.24) is 29.9 Å². The Morgan fingerprint density at radius 1 is 0.667 bits per heavy atom. The molecule has 60 heavy (non-hydrogen) atoms. The van der Waals surface area contributed by atoms with E-state index in [2.05, 4.69) is 59.2 Å². The van der Waals surface area contributed by atoms with Crippen LogP contribution in [-0.2, 0) is 9.78 Å². The first-order chi connectivity index (χ1) is 28.1. The summed E-state index contributed by atoms with van der Waals surface area (Å²) in [5.41, 5.74) is 8.55. The monoisotopic (exact) mass is 835 g/mol. The molecule has 18 nitrogen and oxygen atoms in total. The molecule has 0 radical (unpaired) electrons. The number of pyridine rings is 3. The van der Waals surface area contributed by atoms with Crippen LogP contribution in [-0.4, -0.2) is 57.0 Å². The van der Waals surface area contributed by atoms with Gasteiger partial charge in [0.15, 0.2) is 0 Å². The second-order valence-electron chi connectivity index (χ2n) is 12.3. The number of benzene rings is 3. The van der Waals surface area contributed by atoms with Gasteiger partial charge in [-0.1, -0.05) is 30.3 Å². The Hall–Kier alpha value is -7.07. The van der Waals surface area contributed by atoms with E-state index in [0.717, 1.165) is 60.7 Å². The summed E-state index contributed by atoms with van der Waals surface area (Å²) in [6, 6.07) is 24.0. The van der Waals surface area contributed by atoms with Crippen molar-refractivity contribution in [3.8, 4) is 0 Å². The van der Waals surface area contributed by atoms with Gasteiger partial charge in [-0.05, 0) is 51.1 Å². The molecule has 9 rings (SSSR count). The van der Waals surface area contributed by atoms with Crippen molar-refractivity contribution in [1.29, 1.82) is 0 Å². The number of aromatic nitrogens is 6. The number of para-hydroxylation sites is 2. The van der Waals surface area contributed by atoms with Crippen LogP contribution in [0.15, 0.2) is 103 Å². The minimum atomic E-state index is -5.08. The second kappa shape index (κ2) is 19.6. The van der Waals surface area contributed by atoms with Crippen molar-refractivity contribution in [2.75, 3.05) is 0 Å². The van der Waals surface area contributed by atoms with E-state index in [4.69, 9.17) is 20.1 Å². The van der Waals surface area contributed by atoms with E-state index < -0.39 is 12.1 Å². The zero-order chi connectivity index (χ0) is 43.0. The minimum Gasteiger partial charge on any atom is -0.635 e. The van der Waals surface area contributed by atoms with Gasteiger partial charge in [0.1, 0.15) is 10.9 Å². The number of nitro benzene ring substituents is 2. The van der Waals surface area contributed by atoms with E-state index in [-0.39, 0.29) is 50.8 Å². The molecule has 0 aliphatic carbocycles. The summed E-state index contributed by atoms with van der Waals surface area (Å²) < 4.78 is 31.7. The largest absolute Gasteiger partial charge is 1.00 e. The number of carboxylic acid groups (broad SMARTS) is 1. The number of aliphatic carboxylic acids is 1. The third-order valence-corrected chi connectivity index (χ3v) is 8.71. The van der Waals surface area contributed by atoms with Gasteiger partial charge in [-0.2, -0.15) is 13.2 Å². The molecule has 0 amide bonds. The number of fused-ring (bicyclic) bond motifs is 9. The number of carboxylic acids is 1. The normalized spacial score (nSPS) is 10.6. The zero-order valence-electron chi connectivity index (χ0n) is 31.8. The summed E-state index contributed by atoms with van der Waals surface area (Å²) in [5, 5.41) is 44.8. The molecule has 4 N–H and O–H groups in total. The summed E-state index contributed by atoms with van der Waals surface area (Å²) in [7, 11) is 0. The summed E-state index contributed by atoms with van der Waals surface area (Å²) in [4.78, 5) is 62.9. The molecule has 302 valence electrons. The predicted octanol–water partition coefficient (Wildman–Crippen LogP) is 5.49. The van der Waals surface area contributed by atoms with E-state index in [1.165, 1.54) is 33.8 Å². The Morgan fingerprint density at radius 2 is 1.10 bits per heavy atom. The molecule has 0 atom stereocenters. The van der Waals surface area contributed by atoms with Gasteiger partial charge in [-0.25, -0.2) is 4.79 Å². The number of alkyl halides is 3. The molecule has 0 saturated heterocycles. The molecule has 22 heteroatoms. The van der Waals surface area contributed by atoms with Crippen LogP contribution in [0.25, 0.3) is 65.4 Å². The van der Waals surface area contributed by atoms with Crippen molar-refractivity contribution in [3.63, 3.8) is 0 Å². The first kappa shape index (κ1) is 45.6. The third-order valence-electron chi connectivity index (χ3n) is 8.71. The van der Waals surface area contributed by atoms with Crippen LogP contribution in [0.4, 0.5) is 24.5 Å². The van der Waals surface area contributed by atoms with Crippen molar-refractivity contribution in [2.24, 2.45) is 5.34 Å². The minimum absolute atomic E-state index is 0. The Bertz CT molecular complexity index is 2990. The van der Waals surface area contributed by atoms with E-state index in [0.29, 0.717) is 5.52 Å². The maximum Gasteiger partial charge on any atom is 1.00 e. The van der Waals surface area contributed by atoms with Crippen LogP contribution in [0.1, 0.15) is 17.1 Å². The van der Waals surface area contributed by atoms with Crippen LogP contribution >= 0.6 is 0 Å². The number of halogens is 3. The maximum absolute atomic E-state index is 10.9. The number of aryl methyl sites for hydroxylation is 3. The number of nitrogens with one attached hydrogen (secondary N) is 3. The van der Waals surface area contributed by atoms with Gasteiger partial charge in [-0.3, -0.25) is 35.2 Å². The molecule has 6 aromatic heterocycles. The molecule has 9 aromatic rings. The zero-order valence-corrected chi connectivity index (χ0v) is 33.8. The van der Waals surface area contributed by atoms with Crippen molar-refractivity contribution >= 4 is 82.8 Å². The molecule has 0 aliphatic heterocycles. The molecule has 0 spiro atoms. The van der Waals surface area contributed by atoms with E-state index >= 15 is 0 Å². The summed E-state index contributed by atoms with van der Waals surface area (Å²) in [6.07, 6.45) is 0.200. The number of aromatic amines is 3. The topological polar surface area (TPSA) is 271 Å². The Kier molecular flexibility index (Phi) is 14.9. The summed E-state index contributed by atoms with van der Waals surface area (Å²) >= 11 is 0. The number of nitrogens with zero attached hydrogens (tertiary/aromatic N) is 6. The van der Waals surface area contributed by atoms with E-state index in [9.17, 15) is 33.4 Å². The number of non-ortho nitro benzene ring substituents is 2. The number of H-pyrrole nitrogens is 3. The van der Waals surface area contributed by atoms with Gasteiger partial charge in [0.05, 0.1) is 43.5 Å². The van der Waals surface area contributed by atoms with Gasteiger partial charge in [0.2, 0.25) is 0 Å². The van der Waals surface area contributed by atoms with E-state index in [1.807, 2.05) is 51.2 Å².